The number of likely N-dealkylation sites (N-methyl/N-ethyl adjacent to an activating group) is 1. The maximum Gasteiger partial charge on any atom is 0.419 e. The van der Waals surface area contributed by atoms with Crippen molar-refractivity contribution in [1.82, 2.24) is 19.8 Å². The number of H-pyrrole nitrogens is 1. The van der Waals surface area contributed by atoms with E-state index in [1.165, 1.54) is 28.7 Å². The summed E-state index contributed by atoms with van der Waals surface area (Å²) >= 11 is 2.80. The molecule has 4 N–H and O–H groups in total. The Hall–Kier alpha value is -4.35. The smallest absolute Gasteiger partial charge is 0.419 e. The van der Waals surface area contributed by atoms with Crippen LogP contribution in [-0.4, -0.2) is 71.2 Å². The number of nitrogens with one attached hydrogen (secondary N) is 2. The molecule has 6 aromatic rings. The fourth-order valence-corrected chi connectivity index (χ4v) is 10.9. The van der Waals surface area contributed by atoms with E-state index < -0.39 is 25.6 Å². The molecule has 1 aliphatic rings. The first-order valence-corrected chi connectivity index (χ1v) is 24.8. The molecule has 1 fully saturated rings. The first-order valence-electron chi connectivity index (χ1n) is 20.1. The van der Waals surface area contributed by atoms with Crippen LogP contribution in [0.2, 0.25) is 18.1 Å². The number of fused-ring (bicyclic) bond motifs is 2. The molecule has 0 amide bonds. The summed E-state index contributed by atoms with van der Waals surface area (Å²) in [5.41, 5.74) is 1.67. The molecule has 4 heterocycles. The lowest BCUT2D eigenvalue weighted by atomic mass is 9.90. The third kappa shape index (κ3) is 8.92. The third-order valence-electron chi connectivity index (χ3n) is 12.2. The molecule has 15 heteroatoms. The topological polar surface area (TPSA) is 159 Å². The van der Waals surface area contributed by atoms with E-state index in [-0.39, 0.29) is 34.6 Å². The van der Waals surface area contributed by atoms with Crippen molar-refractivity contribution in [3.8, 4) is 5.75 Å². The van der Waals surface area contributed by atoms with Gasteiger partial charge in [-0.1, -0.05) is 45.0 Å². The quantitative estimate of drug-likeness (QED) is 0.0697. The number of aromatic amines is 1. The van der Waals surface area contributed by atoms with Crippen LogP contribution in [0.5, 0.6) is 5.75 Å². The van der Waals surface area contributed by atoms with Crippen LogP contribution in [0.3, 0.4) is 0 Å². The monoisotopic (exact) mass is 858 g/mol. The summed E-state index contributed by atoms with van der Waals surface area (Å²) in [7, 11) is -0.175. The molecule has 1 saturated carbocycles. The number of rotatable bonds is 16. The van der Waals surface area contributed by atoms with E-state index in [1.807, 2.05) is 59.3 Å². The summed E-state index contributed by atoms with van der Waals surface area (Å²) < 4.78 is 21.0. The summed E-state index contributed by atoms with van der Waals surface area (Å²) in [5.74, 6) is -1.39. The van der Waals surface area contributed by atoms with Gasteiger partial charge in [-0.25, -0.2) is 9.59 Å². The number of ether oxygens (including phenoxy) is 1. The normalized spacial score (nSPS) is 17.3. The van der Waals surface area contributed by atoms with Crippen LogP contribution in [0.25, 0.3) is 22.0 Å². The standard InChI is InChI=1S/C44H54N4O8S2Si/c1-43(2,3)59(5,6)56-36(31-16-19-34(49)40-32(31)17-20-39(50)46-40)27-45-26-28-11-18-33-35(25-28)54-42(53)48(33)22-21-47(4)29-12-14-30(15-13-29)55-44(41(51)52,37-9-7-23-57-37)38-10-8-24-58-38/h7-11,16-20,23-25,29-30,36,45,49H,12-15,21-22,26-27H2,1-6H3,(H,46,50)(H,51,52)/t29-,30-,36-/m0/s1. The molecule has 4 aromatic heterocycles. The van der Waals surface area contributed by atoms with Gasteiger partial charge in [-0.15, -0.1) is 22.7 Å². The molecule has 314 valence electrons. The summed E-state index contributed by atoms with van der Waals surface area (Å²) in [5, 5.41) is 29.1. The van der Waals surface area contributed by atoms with Gasteiger partial charge in [-0.3, -0.25) is 9.36 Å². The predicted octanol–water partition coefficient (Wildman–Crippen LogP) is 8.41. The number of phenols is 1. The van der Waals surface area contributed by atoms with Crippen molar-refractivity contribution in [2.45, 2.75) is 102 Å². The van der Waals surface area contributed by atoms with Crippen LogP contribution >= 0.6 is 22.7 Å². The molecule has 0 saturated heterocycles. The SMILES string of the molecule is CN(CCn1c(=O)oc2cc(CNC[C@H](O[Si](C)(C)C(C)(C)C)c3ccc(O)c4[nH]c(=O)ccc34)ccc21)[C@H]1CC[C@H](OC(C(=O)O)(c2cccs2)c2cccs2)CC1. The number of nitrogens with zero attached hydrogens (tertiary/aromatic N) is 2. The fraction of sp³-hybridized carbons (Fsp3) is 0.432. The van der Waals surface area contributed by atoms with E-state index in [9.17, 15) is 24.6 Å². The summed E-state index contributed by atoms with van der Waals surface area (Å²) in [4.78, 5) is 44.5. The molecular formula is C44H54N4O8S2Si. The number of phenolic OH excluding ortho intramolecular Hbond substituents is 1. The number of benzene rings is 2. The Kier molecular flexibility index (Phi) is 12.6. The van der Waals surface area contributed by atoms with Gasteiger partial charge in [0.15, 0.2) is 13.9 Å². The zero-order chi connectivity index (χ0) is 42.1. The Balaban J connectivity index is 0.978. The van der Waals surface area contributed by atoms with Crippen molar-refractivity contribution in [2.24, 2.45) is 0 Å². The highest BCUT2D eigenvalue weighted by Crippen LogP contribution is 2.43. The van der Waals surface area contributed by atoms with Gasteiger partial charge in [0.2, 0.25) is 11.2 Å². The van der Waals surface area contributed by atoms with Crippen molar-refractivity contribution < 1.29 is 28.6 Å². The third-order valence-corrected chi connectivity index (χ3v) is 18.6. The van der Waals surface area contributed by atoms with Crippen LogP contribution < -0.4 is 16.6 Å². The lowest BCUT2D eigenvalue weighted by molar-refractivity contribution is -0.170. The molecule has 0 radical (unpaired) electrons. The molecule has 0 spiro atoms. The Morgan fingerprint density at radius 3 is 2.34 bits per heavy atom. The van der Waals surface area contributed by atoms with Gasteiger partial charge in [0.1, 0.15) is 5.75 Å². The zero-order valence-electron chi connectivity index (χ0n) is 34.4. The van der Waals surface area contributed by atoms with Gasteiger partial charge in [0, 0.05) is 43.7 Å². The number of carboxylic acid groups (broad SMARTS) is 1. The Morgan fingerprint density at radius 2 is 1.71 bits per heavy atom. The number of aromatic hydroxyl groups is 1. The van der Waals surface area contributed by atoms with Gasteiger partial charge < -0.3 is 39.0 Å². The maximum atomic E-state index is 13.1. The highest BCUT2D eigenvalue weighted by Gasteiger charge is 2.48. The van der Waals surface area contributed by atoms with E-state index in [0.29, 0.717) is 47.0 Å². The number of pyridine rings is 1. The number of carboxylic acids is 1. The summed E-state index contributed by atoms with van der Waals surface area (Å²) in [6.45, 7) is 13.1. The van der Waals surface area contributed by atoms with Gasteiger partial charge in [-0.2, -0.15) is 0 Å². The molecule has 1 aliphatic carbocycles. The first kappa shape index (κ1) is 42.8. The number of aliphatic carboxylic acids is 1. The number of aromatic nitrogens is 2. The number of oxazole rings is 1. The van der Waals surface area contributed by atoms with Crippen LogP contribution in [0.1, 0.15) is 73.4 Å². The molecule has 59 heavy (non-hydrogen) atoms. The number of thiophene rings is 2. The average Bonchev–Trinajstić information content (AvgIpc) is 3.99. The lowest BCUT2D eigenvalue weighted by Crippen LogP contribution is -2.45. The van der Waals surface area contributed by atoms with Crippen LogP contribution in [0.15, 0.2) is 91.5 Å². The second-order valence-corrected chi connectivity index (χ2v) is 23.7. The van der Waals surface area contributed by atoms with E-state index in [1.54, 1.807) is 16.7 Å². The molecule has 0 bridgehead atoms. The van der Waals surface area contributed by atoms with Gasteiger partial charge in [-0.05, 0) is 109 Å². The van der Waals surface area contributed by atoms with Crippen LogP contribution in [0.4, 0.5) is 0 Å². The molecule has 2 aromatic carbocycles. The minimum Gasteiger partial charge on any atom is -0.506 e. The van der Waals surface area contributed by atoms with Crippen molar-refractivity contribution in [1.29, 1.82) is 0 Å². The highest BCUT2D eigenvalue weighted by molar-refractivity contribution is 7.12. The van der Waals surface area contributed by atoms with E-state index in [0.717, 1.165) is 47.7 Å². The molecule has 1 atom stereocenters. The minimum atomic E-state index is -2.25. The predicted molar refractivity (Wildman–Crippen MR) is 236 cm³/mol. The average molecular weight is 859 g/mol. The van der Waals surface area contributed by atoms with Crippen LogP contribution in [0, 0.1) is 0 Å². The van der Waals surface area contributed by atoms with Crippen molar-refractivity contribution in [2.75, 3.05) is 20.1 Å². The van der Waals surface area contributed by atoms with Crippen molar-refractivity contribution in [3.63, 3.8) is 0 Å². The number of hydrogen-bond donors (Lipinski definition) is 4. The minimum absolute atomic E-state index is 0.00688. The second-order valence-electron chi connectivity index (χ2n) is 17.1. The van der Waals surface area contributed by atoms with Gasteiger partial charge in [0.05, 0.1) is 33.0 Å². The molecule has 7 rings (SSSR count). The largest absolute Gasteiger partial charge is 0.506 e. The zero-order valence-corrected chi connectivity index (χ0v) is 37.1. The van der Waals surface area contributed by atoms with E-state index in [4.69, 9.17) is 13.6 Å². The molecule has 0 unspecified atom stereocenters. The lowest BCUT2D eigenvalue weighted by Gasteiger charge is -2.39. The Morgan fingerprint density at radius 1 is 1.02 bits per heavy atom. The Bertz CT molecular complexity index is 2460. The van der Waals surface area contributed by atoms with E-state index in [2.05, 4.69) is 56.1 Å². The Labute approximate surface area is 352 Å². The summed E-state index contributed by atoms with van der Waals surface area (Å²) in [6.07, 6.45) is 2.63. The van der Waals surface area contributed by atoms with E-state index >= 15 is 0 Å². The molecule has 0 aliphatic heterocycles. The number of hydrogen-bond acceptors (Lipinski definition) is 11. The summed E-state index contributed by atoms with van der Waals surface area (Å²) in [6, 6.07) is 20.2. The fourth-order valence-electron chi connectivity index (χ4n) is 7.82. The van der Waals surface area contributed by atoms with Gasteiger partial charge in [0.25, 0.3) is 0 Å². The first-order chi connectivity index (χ1) is 28.1. The number of carbonyl (C=O) groups is 1. The molecular weight excluding hydrogens is 805 g/mol. The highest BCUT2D eigenvalue weighted by atomic mass is 32.1. The second kappa shape index (κ2) is 17.3. The maximum absolute atomic E-state index is 13.1. The van der Waals surface area contributed by atoms with Crippen molar-refractivity contribution in [3.05, 3.63) is 119 Å². The van der Waals surface area contributed by atoms with Crippen molar-refractivity contribution >= 4 is 59.0 Å². The van der Waals surface area contributed by atoms with Crippen LogP contribution in [-0.2, 0) is 32.6 Å². The molecule has 12 nitrogen and oxygen atoms in total. The van der Waals surface area contributed by atoms with Gasteiger partial charge >= 0.3 is 11.7 Å².